The van der Waals surface area contributed by atoms with Gasteiger partial charge in [-0.1, -0.05) is 0 Å². The Morgan fingerprint density at radius 1 is 1.15 bits per heavy atom. The van der Waals surface area contributed by atoms with Gasteiger partial charge in [0.25, 0.3) is 0 Å². The zero-order chi connectivity index (χ0) is 19.4. The summed E-state index contributed by atoms with van der Waals surface area (Å²) in [5.41, 5.74) is 0.362. The van der Waals surface area contributed by atoms with Gasteiger partial charge in [-0.3, -0.25) is 13.9 Å². The summed E-state index contributed by atoms with van der Waals surface area (Å²) >= 11 is 0. The minimum atomic E-state index is -3.67. The van der Waals surface area contributed by atoms with Crippen LogP contribution >= 0.6 is 0 Å². The van der Waals surface area contributed by atoms with E-state index in [1.165, 1.54) is 6.92 Å². The second-order valence-corrected chi connectivity index (χ2v) is 8.44. The number of carbonyl (C=O) groups is 2. The average Bonchev–Trinajstić information content (AvgIpc) is 2.71. The summed E-state index contributed by atoms with van der Waals surface area (Å²) in [6.07, 6.45) is 0.755. The fraction of sp³-hybridized carbons (Fsp3) is 0.529. The highest BCUT2D eigenvalue weighted by molar-refractivity contribution is 7.92. The SMILES string of the molecule is CCS(=O)(=O)N(CC(=O)N1CCN(C=O)CC1)c1ccc2c(c1)OCCO2. The first-order chi connectivity index (χ1) is 12.9. The van der Waals surface area contributed by atoms with E-state index in [-0.39, 0.29) is 18.2 Å². The van der Waals surface area contributed by atoms with Crippen molar-refractivity contribution in [1.29, 1.82) is 0 Å². The third-order valence-electron chi connectivity index (χ3n) is 4.61. The van der Waals surface area contributed by atoms with Crippen molar-refractivity contribution in [1.82, 2.24) is 9.80 Å². The van der Waals surface area contributed by atoms with E-state index in [9.17, 15) is 18.0 Å². The number of piperazine rings is 1. The van der Waals surface area contributed by atoms with E-state index >= 15 is 0 Å². The van der Waals surface area contributed by atoms with Crippen molar-refractivity contribution in [2.75, 3.05) is 56.0 Å². The predicted molar refractivity (Wildman–Crippen MR) is 98.5 cm³/mol. The Labute approximate surface area is 158 Å². The van der Waals surface area contributed by atoms with E-state index in [1.54, 1.807) is 28.0 Å². The lowest BCUT2D eigenvalue weighted by Crippen LogP contribution is -2.51. The number of rotatable bonds is 6. The number of hydrogen-bond donors (Lipinski definition) is 0. The van der Waals surface area contributed by atoms with Gasteiger partial charge in [-0.15, -0.1) is 0 Å². The highest BCUT2D eigenvalue weighted by Gasteiger charge is 2.28. The number of carbonyl (C=O) groups excluding carboxylic acids is 2. The number of amides is 2. The number of nitrogens with zero attached hydrogens (tertiary/aromatic N) is 3. The van der Waals surface area contributed by atoms with Gasteiger partial charge in [-0.2, -0.15) is 0 Å². The second-order valence-electron chi connectivity index (χ2n) is 6.26. The van der Waals surface area contributed by atoms with Gasteiger partial charge in [0.15, 0.2) is 11.5 Å². The van der Waals surface area contributed by atoms with Crippen LogP contribution < -0.4 is 13.8 Å². The summed E-state index contributed by atoms with van der Waals surface area (Å²) in [5, 5.41) is 0. The molecule has 0 unspecified atom stereocenters. The van der Waals surface area contributed by atoms with Gasteiger partial charge in [0.05, 0.1) is 11.4 Å². The van der Waals surface area contributed by atoms with Gasteiger partial charge in [0.2, 0.25) is 22.3 Å². The molecule has 1 fully saturated rings. The van der Waals surface area contributed by atoms with Crippen LogP contribution in [0.25, 0.3) is 0 Å². The molecule has 2 aliphatic heterocycles. The Hall–Kier alpha value is -2.49. The molecule has 0 spiro atoms. The first kappa shape index (κ1) is 19.3. The molecule has 2 heterocycles. The van der Waals surface area contributed by atoms with E-state index in [0.29, 0.717) is 56.6 Å². The maximum atomic E-state index is 12.7. The summed E-state index contributed by atoms with van der Waals surface area (Å²) in [6.45, 7) is 3.73. The van der Waals surface area contributed by atoms with Gasteiger partial charge < -0.3 is 19.3 Å². The Bertz CT molecular complexity index is 805. The Morgan fingerprint density at radius 3 is 2.44 bits per heavy atom. The molecule has 0 radical (unpaired) electrons. The maximum Gasteiger partial charge on any atom is 0.243 e. The van der Waals surface area contributed by atoms with Crippen molar-refractivity contribution in [3.63, 3.8) is 0 Å². The molecule has 1 aromatic carbocycles. The van der Waals surface area contributed by atoms with Crippen molar-refractivity contribution in [3.8, 4) is 11.5 Å². The molecule has 0 aromatic heterocycles. The van der Waals surface area contributed by atoms with Crippen LogP contribution in [0.1, 0.15) is 6.92 Å². The maximum absolute atomic E-state index is 12.7. The van der Waals surface area contributed by atoms with Gasteiger partial charge in [-0.05, 0) is 19.1 Å². The van der Waals surface area contributed by atoms with Crippen LogP contribution in [0.5, 0.6) is 11.5 Å². The molecule has 2 aliphatic rings. The summed E-state index contributed by atoms with van der Waals surface area (Å²) in [5.74, 6) is 0.581. The lowest BCUT2D eigenvalue weighted by atomic mass is 10.2. The van der Waals surface area contributed by atoms with Gasteiger partial charge in [0, 0.05) is 32.2 Å². The lowest BCUT2D eigenvalue weighted by molar-refractivity contribution is -0.133. The minimum Gasteiger partial charge on any atom is -0.486 e. The van der Waals surface area contributed by atoms with Crippen LogP contribution in [0.15, 0.2) is 18.2 Å². The lowest BCUT2D eigenvalue weighted by Gasteiger charge is -2.34. The molecule has 0 N–H and O–H groups in total. The Morgan fingerprint density at radius 2 is 1.81 bits per heavy atom. The Balaban J connectivity index is 1.80. The van der Waals surface area contributed by atoms with Crippen molar-refractivity contribution in [2.45, 2.75) is 6.92 Å². The minimum absolute atomic E-state index is 0.131. The predicted octanol–water partition coefficient (Wildman–Crippen LogP) is -0.0855. The molecule has 9 nitrogen and oxygen atoms in total. The Kier molecular flexibility index (Phi) is 5.73. The van der Waals surface area contributed by atoms with Gasteiger partial charge in [-0.25, -0.2) is 8.42 Å². The van der Waals surface area contributed by atoms with Gasteiger partial charge in [0.1, 0.15) is 19.8 Å². The largest absolute Gasteiger partial charge is 0.486 e. The molecule has 0 atom stereocenters. The van der Waals surface area contributed by atoms with Gasteiger partial charge >= 0.3 is 0 Å². The highest BCUT2D eigenvalue weighted by atomic mass is 32.2. The monoisotopic (exact) mass is 397 g/mol. The van der Waals surface area contributed by atoms with Crippen LogP contribution in [0.4, 0.5) is 5.69 Å². The van der Waals surface area contributed by atoms with E-state index in [2.05, 4.69) is 0 Å². The molecular weight excluding hydrogens is 374 g/mol. The number of hydrogen-bond acceptors (Lipinski definition) is 6. The first-order valence-electron chi connectivity index (χ1n) is 8.82. The fourth-order valence-corrected chi connectivity index (χ4v) is 4.05. The van der Waals surface area contributed by atoms with E-state index < -0.39 is 10.0 Å². The number of fused-ring (bicyclic) bond motifs is 1. The van der Waals surface area contributed by atoms with Crippen molar-refractivity contribution < 1.29 is 27.5 Å². The molecule has 1 aromatic rings. The van der Waals surface area contributed by atoms with Crippen LogP contribution in [0.3, 0.4) is 0 Å². The molecule has 2 amide bonds. The quantitative estimate of drug-likeness (QED) is 0.623. The first-order valence-corrected chi connectivity index (χ1v) is 10.4. The second kappa shape index (κ2) is 8.03. The number of ether oxygens (including phenoxy) is 2. The van der Waals surface area contributed by atoms with Crippen LogP contribution in [0, 0.1) is 0 Å². The molecule has 1 saturated heterocycles. The third-order valence-corrected chi connectivity index (χ3v) is 6.35. The molecule has 3 rings (SSSR count). The molecule has 0 aliphatic carbocycles. The number of benzene rings is 1. The zero-order valence-corrected chi connectivity index (χ0v) is 16.0. The normalized spacial score (nSPS) is 16.8. The van der Waals surface area contributed by atoms with Crippen LogP contribution in [-0.4, -0.2) is 82.2 Å². The fourth-order valence-electron chi connectivity index (χ4n) is 2.99. The highest BCUT2D eigenvalue weighted by Crippen LogP contribution is 2.34. The van der Waals surface area contributed by atoms with E-state index in [4.69, 9.17) is 9.47 Å². The van der Waals surface area contributed by atoms with Crippen molar-refractivity contribution in [2.24, 2.45) is 0 Å². The molecular formula is C17H23N3O6S. The topological polar surface area (TPSA) is 96.5 Å². The van der Waals surface area contributed by atoms with Crippen LogP contribution in [0.2, 0.25) is 0 Å². The number of sulfonamides is 1. The molecule has 0 saturated carbocycles. The zero-order valence-electron chi connectivity index (χ0n) is 15.2. The molecule has 10 heteroatoms. The smallest absolute Gasteiger partial charge is 0.243 e. The van der Waals surface area contributed by atoms with Crippen LogP contribution in [-0.2, 0) is 19.6 Å². The average molecular weight is 397 g/mol. The summed E-state index contributed by atoms with van der Waals surface area (Å²) in [4.78, 5) is 26.7. The third kappa shape index (κ3) is 4.26. The standard InChI is InChI=1S/C17H23N3O6S/c1-2-27(23,24)20(12-17(22)19-7-5-18(13-21)6-8-19)14-3-4-15-16(11-14)26-10-9-25-15/h3-4,11,13H,2,5-10,12H2,1H3. The van der Waals surface area contributed by atoms with Crippen molar-refractivity contribution in [3.05, 3.63) is 18.2 Å². The molecule has 27 heavy (non-hydrogen) atoms. The summed E-state index contributed by atoms with van der Waals surface area (Å²) < 4.78 is 37.3. The van der Waals surface area contributed by atoms with E-state index in [0.717, 1.165) is 10.7 Å². The molecule has 148 valence electrons. The summed E-state index contributed by atoms with van der Waals surface area (Å²) in [6, 6.07) is 4.84. The molecule has 0 bridgehead atoms. The number of anilines is 1. The van der Waals surface area contributed by atoms with Crippen molar-refractivity contribution >= 4 is 28.0 Å². The summed E-state index contributed by atoms with van der Waals surface area (Å²) in [7, 11) is -3.67. The van der Waals surface area contributed by atoms with E-state index in [1.807, 2.05) is 0 Å².